The highest BCUT2D eigenvalue weighted by Gasteiger charge is 2.03. The zero-order valence-electron chi connectivity index (χ0n) is 7.54. The van der Waals surface area contributed by atoms with E-state index in [0.29, 0.717) is 5.75 Å². The topological polar surface area (TPSA) is 17.1 Å². The Balaban J connectivity index is 3.21. The molecule has 0 amide bonds. The standard InChI is InChI=1S/C10H14OS/c1-4-12(3,11)10-7-5-6-9(2)8-10/h5-8H,3-4H2,1-2H3. The highest BCUT2D eigenvalue weighted by molar-refractivity contribution is 8.00. The molecule has 12 heavy (non-hydrogen) atoms. The molecular formula is C10H14OS. The van der Waals surface area contributed by atoms with E-state index < -0.39 is 9.52 Å². The van der Waals surface area contributed by atoms with E-state index >= 15 is 0 Å². The van der Waals surface area contributed by atoms with E-state index in [4.69, 9.17) is 0 Å². The molecule has 0 spiro atoms. The van der Waals surface area contributed by atoms with Crippen LogP contribution in [-0.4, -0.2) is 15.8 Å². The monoisotopic (exact) mass is 182 g/mol. The molecular weight excluding hydrogens is 168 g/mol. The third kappa shape index (κ3) is 1.89. The Morgan fingerprint density at radius 1 is 1.50 bits per heavy atom. The molecule has 0 saturated carbocycles. The first-order valence-corrected chi connectivity index (χ1v) is 5.87. The summed E-state index contributed by atoms with van der Waals surface area (Å²) in [6, 6.07) is 7.74. The van der Waals surface area contributed by atoms with E-state index in [1.165, 1.54) is 0 Å². The van der Waals surface area contributed by atoms with Crippen molar-refractivity contribution in [1.82, 2.24) is 0 Å². The van der Waals surface area contributed by atoms with Crippen LogP contribution in [0, 0.1) is 6.92 Å². The lowest BCUT2D eigenvalue weighted by Gasteiger charge is -2.06. The van der Waals surface area contributed by atoms with Gasteiger partial charge in [-0.1, -0.05) is 19.1 Å². The van der Waals surface area contributed by atoms with Gasteiger partial charge in [-0.05, 0) is 40.0 Å². The third-order valence-corrected chi connectivity index (χ3v) is 3.93. The smallest absolute Gasteiger partial charge is 0.0307 e. The maximum atomic E-state index is 11.8. The molecule has 0 radical (unpaired) electrons. The molecule has 1 nitrogen and oxygen atoms in total. The summed E-state index contributed by atoms with van der Waals surface area (Å²) < 4.78 is 11.8. The Bertz CT molecular complexity index is 363. The second-order valence-electron chi connectivity index (χ2n) is 2.92. The van der Waals surface area contributed by atoms with Crippen molar-refractivity contribution in [3.63, 3.8) is 0 Å². The van der Waals surface area contributed by atoms with Crippen molar-refractivity contribution in [3.8, 4) is 0 Å². The molecule has 0 saturated heterocycles. The first-order valence-electron chi connectivity index (χ1n) is 3.98. The quantitative estimate of drug-likeness (QED) is 0.640. The fourth-order valence-corrected chi connectivity index (χ4v) is 2.07. The van der Waals surface area contributed by atoms with Gasteiger partial charge < -0.3 is 0 Å². The SMILES string of the molecule is C=S(=O)(CC)c1cccc(C)c1. The van der Waals surface area contributed by atoms with Crippen LogP contribution < -0.4 is 0 Å². The van der Waals surface area contributed by atoms with Crippen molar-refractivity contribution in [2.45, 2.75) is 18.7 Å². The Morgan fingerprint density at radius 3 is 2.67 bits per heavy atom. The highest BCUT2D eigenvalue weighted by Crippen LogP contribution is 2.12. The zero-order valence-corrected chi connectivity index (χ0v) is 8.36. The fourth-order valence-electron chi connectivity index (χ4n) is 1.01. The molecule has 0 aliphatic heterocycles. The second-order valence-corrected chi connectivity index (χ2v) is 5.59. The van der Waals surface area contributed by atoms with Crippen LogP contribution in [0.2, 0.25) is 0 Å². The molecule has 1 aromatic rings. The van der Waals surface area contributed by atoms with Crippen molar-refractivity contribution in [2.24, 2.45) is 0 Å². The molecule has 0 N–H and O–H groups in total. The fraction of sp³-hybridized carbons (Fsp3) is 0.300. The van der Waals surface area contributed by atoms with Gasteiger partial charge in [-0.25, -0.2) is 0 Å². The van der Waals surface area contributed by atoms with Gasteiger partial charge in [0.25, 0.3) is 0 Å². The summed E-state index contributed by atoms with van der Waals surface area (Å²) in [6.07, 6.45) is 0. The third-order valence-electron chi connectivity index (χ3n) is 1.89. The Hall–Kier alpha value is -0.760. The number of hydrogen-bond donors (Lipinski definition) is 0. The maximum Gasteiger partial charge on any atom is 0.0307 e. The zero-order chi connectivity index (χ0) is 9.19. The van der Waals surface area contributed by atoms with E-state index in [1.807, 2.05) is 38.1 Å². The summed E-state index contributed by atoms with van der Waals surface area (Å²) in [5, 5.41) is 0. The summed E-state index contributed by atoms with van der Waals surface area (Å²) in [4.78, 5) is 0.866. The van der Waals surface area contributed by atoms with Crippen LogP contribution >= 0.6 is 0 Å². The van der Waals surface area contributed by atoms with Crippen LogP contribution in [0.25, 0.3) is 0 Å². The van der Waals surface area contributed by atoms with Gasteiger partial charge in [0.2, 0.25) is 0 Å². The van der Waals surface area contributed by atoms with Crippen LogP contribution in [-0.2, 0) is 9.52 Å². The molecule has 1 atom stereocenters. The van der Waals surface area contributed by atoms with E-state index in [0.717, 1.165) is 10.5 Å². The highest BCUT2D eigenvalue weighted by atomic mass is 32.2. The largest absolute Gasteiger partial charge is 0.263 e. The number of rotatable bonds is 2. The molecule has 1 aromatic carbocycles. The van der Waals surface area contributed by atoms with Crippen molar-refractivity contribution in [1.29, 1.82) is 0 Å². The van der Waals surface area contributed by atoms with Gasteiger partial charge in [-0.3, -0.25) is 4.21 Å². The predicted octanol–water partition coefficient (Wildman–Crippen LogP) is 2.09. The molecule has 0 aliphatic carbocycles. The van der Waals surface area contributed by atoms with E-state index in [9.17, 15) is 4.21 Å². The summed E-state index contributed by atoms with van der Waals surface area (Å²) in [5.41, 5.74) is 1.14. The van der Waals surface area contributed by atoms with Crippen molar-refractivity contribution in [3.05, 3.63) is 29.8 Å². The first kappa shape index (κ1) is 9.33. The van der Waals surface area contributed by atoms with Gasteiger partial charge in [0.15, 0.2) is 0 Å². The molecule has 66 valence electrons. The Morgan fingerprint density at radius 2 is 2.17 bits per heavy atom. The minimum atomic E-state index is -2.02. The van der Waals surface area contributed by atoms with Crippen LogP contribution in [0.1, 0.15) is 12.5 Å². The first-order chi connectivity index (χ1) is 5.56. The Kier molecular flexibility index (Phi) is 2.58. The minimum Gasteiger partial charge on any atom is -0.263 e. The minimum absolute atomic E-state index is 0.608. The number of hydrogen-bond acceptors (Lipinski definition) is 1. The van der Waals surface area contributed by atoms with Crippen molar-refractivity contribution < 1.29 is 4.21 Å². The summed E-state index contributed by atoms with van der Waals surface area (Å²) in [5.74, 6) is 4.34. The van der Waals surface area contributed by atoms with Crippen molar-refractivity contribution in [2.75, 3.05) is 5.75 Å². The molecule has 1 unspecified atom stereocenters. The van der Waals surface area contributed by atoms with Gasteiger partial charge in [-0.2, -0.15) is 0 Å². The molecule has 0 bridgehead atoms. The molecule has 1 rings (SSSR count). The van der Waals surface area contributed by atoms with Crippen LogP contribution in [0.15, 0.2) is 29.2 Å². The lowest BCUT2D eigenvalue weighted by molar-refractivity contribution is 0.682. The van der Waals surface area contributed by atoms with Crippen LogP contribution in [0.4, 0.5) is 0 Å². The van der Waals surface area contributed by atoms with Crippen LogP contribution in [0.3, 0.4) is 0 Å². The lowest BCUT2D eigenvalue weighted by atomic mass is 10.2. The van der Waals surface area contributed by atoms with E-state index in [1.54, 1.807) is 0 Å². The van der Waals surface area contributed by atoms with Crippen molar-refractivity contribution >= 4 is 15.4 Å². The number of benzene rings is 1. The molecule has 0 aromatic heterocycles. The normalized spacial score (nSPS) is 15.5. The van der Waals surface area contributed by atoms with Gasteiger partial charge in [-0.15, -0.1) is 0 Å². The van der Waals surface area contributed by atoms with Gasteiger partial charge in [0, 0.05) is 10.6 Å². The molecule has 0 aliphatic rings. The average molecular weight is 182 g/mol. The maximum absolute atomic E-state index is 11.8. The Labute approximate surface area is 74.4 Å². The van der Waals surface area contributed by atoms with E-state index in [-0.39, 0.29) is 0 Å². The lowest BCUT2D eigenvalue weighted by Crippen LogP contribution is -2.02. The molecule has 2 heteroatoms. The summed E-state index contributed by atoms with van der Waals surface area (Å²) in [7, 11) is -2.02. The second kappa shape index (κ2) is 3.31. The van der Waals surface area contributed by atoms with Gasteiger partial charge in [0.1, 0.15) is 0 Å². The predicted molar refractivity (Wildman–Crippen MR) is 55.2 cm³/mol. The van der Waals surface area contributed by atoms with Crippen LogP contribution in [0.5, 0.6) is 0 Å². The van der Waals surface area contributed by atoms with E-state index in [2.05, 4.69) is 5.87 Å². The number of aryl methyl sites for hydroxylation is 1. The molecule has 0 fully saturated rings. The molecule has 0 heterocycles. The average Bonchev–Trinajstić information content (AvgIpc) is 2.05. The van der Waals surface area contributed by atoms with Gasteiger partial charge in [0.05, 0.1) is 0 Å². The summed E-state index contributed by atoms with van der Waals surface area (Å²) in [6.45, 7) is 3.90. The van der Waals surface area contributed by atoms with Gasteiger partial charge >= 0.3 is 0 Å². The summed E-state index contributed by atoms with van der Waals surface area (Å²) >= 11 is 0.